The summed E-state index contributed by atoms with van der Waals surface area (Å²) >= 11 is 0. The lowest BCUT2D eigenvalue weighted by Gasteiger charge is -2.39. The highest BCUT2D eigenvalue weighted by Crippen LogP contribution is 2.29. The molecule has 1 heterocycles. The van der Waals surface area contributed by atoms with Crippen LogP contribution in [0.25, 0.3) is 0 Å². The minimum atomic E-state index is -0.546. The van der Waals surface area contributed by atoms with Crippen molar-refractivity contribution in [3.8, 4) is 0 Å². The molecule has 1 aliphatic heterocycles. The second kappa shape index (κ2) is 5.14. The van der Waals surface area contributed by atoms with Crippen molar-refractivity contribution in [3.63, 3.8) is 0 Å². The van der Waals surface area contributed by atoms with E-state index in [0.717, 1.165) is 38.5 Å². The van der Waals surface area contributed by atoms with Crippen LogP contribution in [0.15, 0.2) is 24.3 Å². The van der Waals surface area contributed by atoms with E-state index in [0.29, 0.717) is 0 Å². The van der Waals surface area contributed by atoms with Gasteiger partial charge in [0.1, 0.15) is 0 Å². The van der Waals surface area contributed by atoms with E-state index in [1.54, 1.807) is 0 Å². The highest BCUT2D eigenvalue weighted by molar-refractivity contribution is 5.54. The highest BCUT2D eigenvalue weighted by Gasteiger charge is 2.29. The minimum Gasteiger partial charge on any atom is -0.388 e. The van der Waals surface area contributed by atoms with E-state index >= 15 is 0 Å². The maximum atomic E-state index is 10.3. The smallest absolute Gasteiger partial charge is 0.0794 e. The van der Waals surface area contributed by atoms with Crippen LogP contribution in [0.2, 0.25) is 0 Å². The van der Waals surface area contributed by atoms with Crippen LogP contribution in [-0.4, -0.2) is 29.8 Å². The average Bonchev–Trinajstić information content (AvgIpc) is 3.19. The first-order valence-corrected chi connectivity index (χ1v) is 7.43. The fraction of sp³-hybridized carbons (Fsp3) is 0.625. The molecular formula is C16H24N2O. The second-order valence-corrected chi connectivity index (χ2v) is 6.31. The quantitative estimate of drug-likeness (QED) is 0.872. The standard InChI is InChI=1S/C16H24N2O/c1-16(19)9-4-10-18(12-16)15-6-3-2-5-13(15)11-17-14-7-8-14/h2-3,5-6,14,17,19H,4,7-12H2,1H3. The van der Waals surface area contributed by atoms with Gasteiger partial charge in [0, 0.05) is 31.4 Å². The number of nitrogens with one attached hydrogen (secondary N) is 1. The normalized spacial score (nSPS) is 27.6. The molecule has 0 radical (unpaired) electrons. The molecule has 1 aromatic rings. The number of hydrogen-bond acceptors (Lipinski definition) is 3. The summed E-state index contributed by atoms with van der Waals surface area (Å²) in [4.78, 5) is 2.34. The minimum absolute atomic E-state index is 0.546. The van der Waals surface area contributed by atoms with Crippen LogP contribution in [0.5, 0.6) is 0 Å². The van der Waals surface area contributed by atoms with Gasteiger partial charge >= 0.3 is 0 Å². The van der Waals surface area contributed by atoms with Crippen molar-refractivity contribution < 1.29 is 5.11 Å². The molecule has 0 spiro atoms. The first-order valence-electron chi connectivity index (χ1n) is 7.43. The monoisotopic (exact) mass is 260 g/mol. The maximum Gasteiger partial charge on any atom is 0.0794 e. The number of benzene rings is 1. The van der Waals surface area contributed by atoms with Crippen LogP contribution in [-0.2, 0) is 6.54 Å². The predicted molar refractivity (Wildman–Crippen MR) is 78.4 cm³/mol. The summed E-state index contributed by atoms with van der Waals surface area (Å²) in [5, 5.41) is 13.9. The summed E-state index contributed by atoms with van der Waals surface area (Å²) in [5.41, 5.74) is 2.10. The van der Waals surface area contributed by atoms with Crippen molar-refractivity contribution in [1.82, 2.24) is 5.32 Å². The SMILES string of the molecule is CC1(O)CCCN(c2ccccc2CNC2CC2)C1. The summed E-state index contributed by atoms with van der Waals surface area (Å²) in [6.45, 7) is 4.69. The van der Waals surface area contributed by atoms with Gasteiger partial charge in [-0.2, -0.15) is 0 Å². The molecule has 3 nitrogen and oxygen atoms in total. The Hall–Kier alpha value is -1.06. The third-order valence-electron chi connectivity index (χ3n) is 4.17. The molecule has 1 atom stereocenters. The number of β-amino-alcohol motifs (C(OH)–C–C–N with tert-alkyl or cyclic N) is 1. The van der Waals surface area contributed by atoms with Crippen LogP contribution >= 0.6 is 0 Å². The first-order chi connectivity index (χ1) is 9.14. The Bertz CT molecular complexity index is 440. The molecular weight excluding hydrogens is 236 g/mol. The lowest BCUT2D eigenvalue weighted by Crippen LogP contribution is -2.46. The molecule has 1 aliphatic carbocycles. The Morgan fingerprint density at radius 3 is 2.89 bits per heavy atom. The number of aliphatic hydroxyl groups is 1. The van der Waals surface area contributed by atoms with Gasteiger partial charge in [-0.05, 0) is 44.2 Å². The molecule has 3 rings (SSSR count). The molecule has 104 valence electrons. The van der Waals surface area contributed by atoms with E-state index in [-0.39, 0.29) is 0 Å². The van der Waals surface area contributed by atoms with Crippen LogP contribution in [0, 0.1) is 0 Å². The molecule has 2 fully saturated rings. The number of anilines is 1. The Kier molecular flexibility index (Phi) is 3.50. The van der Waals surface area contributed by atoms with E-state index < -0.39 is 5.60 Å². The van der Waals surface area contributed by atoms with Gasteiger partial charge in [0.25, 0.3) is 0 Å². The first kappa shape index (κ1) is 12.9. The summed E-state index contributed by atoms with van der Waals surface area (Å²) in [6, 6.07) is 9.33. The number of nitrogens with zero attached hydrogens (tertiary/aromatic N) is 1. The zero-order valence-electron chi connectivity index (χ0n) is 11.7. The van der Waals surface area contributed by atoms with E-state index in [4.69, 9.17) is 0 Å². The molecule has 1 saturated carbocycles. The van der Waals surface area contributed by atoms with E-state index in [9.17, 15) is 5.11 Å². The molecule has 1 unspecified atom stereocenters. The van der Waals surface area contributed by atoms with Crippen LogP contribution < -0.4 is 10.2 Å². The van der Waals surface area contributed by atoms with Gasteiger partial charge in [-0.3, -0.25) is 0 Å². The van der Waals surface area contributed by atoms with Gasteiger partial charge in [-0.25, -0.2) is 0 Å². The Balaban J connectivity index is 1.74. The van der Waals surface area contributed by atoms with Crippen molar-refractivity contribution in [1.29, 1.82) is 0 Å². The number of para-hydroxylation sites is 1. The van der Waals surface area contributed by atoms with Crippen molar-refractivity contribution in [2.45, 2.75) is 50.8 Å². The lowest BCUT2D eigenvalue weighted by atomic mass is 9.94. The Labute approximate surface area is 115 Å². The zero-order chi connectivity index (χ0) is 13.3. The van der Waals surface area contributed by atoms with Crippen LogP contribution in [0.3, 0.4) is 0 Å². The molecule has 0 bridgehead atoms. The van der Waals surface area contributed by atoms with Crippen molar-refractivity contribution in [3.05, 3.63) is 29.8 Å². The third kappa shape index (κ3) is 3.28. The number of rotatable bonds is 4. The van der Waals surface area contributed by atoms with Crippen LogP contribution in [0.1, 0.15) is 38.2 Å². The van der Waals surface area contributed by atoms with E-state index in [1.165, 1.54) is 24.1 Å². The third-order valence-corrected chi connectivity index (χ3v) is 4.17. The predicted octanol–water partition coefficient (Wildman–Crippen LogP) is 2.29. The van der Waals surface area contributed by atoms with E-state index in [2.05, 4.69) is 34.5 Å². The molecule has 1 saturated heterocycles. The molecule has 2 N–H and O–H groups in total. The maximum absolute atomic E-state index is 10.3. The second-order valence-electron chi connectivity index (χ2n) is 6.31. The molecule has 3 heteroatoms. The molecule has 2 aliphatic rings. The molecule has 0 aromatic heterocycles. The largest absolute Gasteiger partial charge is 0.388 e. The number of hydrogen-bond donors (Lipinski definition) is 2. The molecule has 19 heavy (non-hydrogen) atoms. The van der Waals surface area contributed by atoms with Crippen molar-refractivity contribution >= 4 is 5.69 Å². The fourth-order valence-corrected chi connectivity index (χ4v) is 2.94. The zero-order valence-corrected chi connectivity index (χ0v) is 11.7. The number of piperidine rings is 1. The fourth-order valence-electron chi connectivity index (χ4n) is 2.94. The van der Waals surface area contributed by atoms with Crippen molar-refractivity contribution in [2.24, 2.45) is 0 Å². The summed E-state index contributed by atoms with van der Waals surface area (Å²) in [6.07, 6.45) is 4.62. The van der Waals surface area contributed by atoms with Gasteiger partial charge in [-0.1, -0.05) is 18.2 Å². The van der Waals surface area contributed by atoms with Gasteiger partial charge in [-0.15, -0.1) is 0 Å². The van der Waals surface area contributed by atoms with E-state index in [1.807, 2.05) is 6.92 Å². The molecule has 1 aromatic carbocycles. The van der Waals surface area contributed by atoms with Gasteiger partial charge in [0.2, 0.25) is 0 Å². The van der Waals surface area contributed by atoms with Crippen LogP contribution in [0.4, 0.5) is 5.69 Å². The van der Waals surface area contributed by atoms with Gasteiger partial charge in [0.15, 0.2) is 0 Å². The molecule has 0 amide bonds. The van der Waals surface area contributed by atoms with Gasteiger partial charge < -0.3 is 15.3 Å². The summed E-state index contributed by atoms with van der Waals surface area (Å²) in [5.74, 6) is 0. The average molecular weight is 260 g/mol. The Morgan fingerprint density at radius 1 is 1.37 bits per heavy atom. The summed E-state index contributed by atoms with van der Waals surface area (Å²) in [7, 11) is 0. The summed E-state index contributed by atoms with van der Waals surface area (Å²) < 4.78 is 0. The topological polar surface area (TPSA) is 35.5 Å². The van der Waals surface area contributed by atoms with Crippen molar-refractivity contribution in [2.75, 3.05) is 18.0 Å². The highest BCUT2D eigenvalue weighted by atomic mass is 16.3. The lowest BCUT2D eigenvalue weighted by molar-refractivity contribution is 0.0449. The Morgan fingerprint density at radius 2 is 2.16 bits per heavy atom. The van der Waals surface area contributed by atoms with Gasteiger partial charge in [0.05, 0.1) is 5.60 Å².